The van der Waals surface area contributed by atoms with E-state index in [1.807, 2.05) is 0 Å². The van der Waals surface area contributed by atoms with E-state index in [9.17, 15) is 19.2 Å². The lowest BCUT2D eigenvalue weighted by molar-refractivity contribution is -0.173. The van der Waals surface area contributed by atoms with Crippen LogP contribution in [0.15, 0.2) is 22.3 Å². The highest BCUT2D eigenvalue weighted by molar-refractivity contribution is 8.00. The summed E-state index contributed by atoms with van der Waals surface area (Å²) in [5.74, 6) is -2.09. The standard InChI is InChI=1S/C19H23N5O7S2.ClH/c1-19(2,3)17(28)31-8-30-16(27)10-5-6-32-15-12(14(26)24(10)15)22-13(25)11(23-29-4)9-7-33-18(20)21-9;/h5,7,12,15H,6,8H2,1-4H3,(H2,20,21)(H,22,25);1H/t12?,15-;/m0./s1. The number of nitrogens with one attached hydrogen (secondary N) is 1. The van der Waals surface area contributed by atoms with Gasteiger partial charge in [0.25, 0.3) is 11.8 Å². The highest BCUT2D eigenvalue weighted by Gasteiger charge is 2.53. The van der Waals surface area contributed by atoms with Crippen molar-refractivity contribution >= 4 is 70.1 Å². The normalized spacial score (nSPS) is 19.6. The Morgan fingerprint density at radius 2 is 2.03 bits per heavy atom. The molecule has 1 aromatic heterocycles. The number of anilines is 1. The number of aromatic nitrogens is 1. The third-order valence-corrected chi connectivity index (χ3v) is 6.35. The zero-order valence-corrected chi connectivity index (χ0v) is 21.2. The van der Waals surface area contributed by atoms with Crippen LogP contribution in [-0.4, -0.2) is 70.4 Å². The molecule has 12 nitrogen and oxygen atoms in total. The van der Waals surface area contributed by atoms with Crippen molar-refractivity contribution in [2.75, 3.05) is 25.4 Å². The summed E-state index contributed by atoms with van der Waals surface area (Å²) in [5, 5.41) is 7.57. The number of thioether (sulfide) groups is 1. The molecule has 0 radical (unpaired) electrons. The number of thiazole rings is 1. The largest absolute Gasteiger partial charge is 0.427 e. The quantitative estimate of drug-likeness (QED) is 0.169. The zero-order chi connectivity index (χ0) is 24.3. The fourth-order valence-electron chi connectivity index (χ4n) is 2.86. The van der Waals surface area contributed by atoms with E-state index in [0.29, 0.717) is 5.75 Å². The molecule has 3 rings (SSSR count). The van der Waals surface area contributed by atoms with E-state index in [0.717, 1.165) is 11.3 Å². The average Bonchev–Trinajstić information content (AvgIpc) is 3.19. The number of rotatable bonds is 7. The minimum atomic E-state index is -0.893. The van der Waals surface area contributed by atoms with Gasteiger partial charge in [-0.15, -0.1) is 35.5 Å². The number of hydrogen-bond acceptors (Lipinski definition) is 12. The van der Waals surface area contributed by atoms with Gasteiger partial charge in [0.2, 0.25) is 6.79 Å². The first-order valence-electron chi connectivity index (χ1n) is 9.67. The second kappa shape index (κ2) is 11.1. The maximum Gasteiger partial charge on any atom is 0.357 e. The first-order valence-corrected chi connectivity index (χ1v) is 11.6. The summed E-state index contributed by atoms with van der Waals surface area (Å²) in [6, 6.07) is -0.893. The molecule has 2 amide bonds. The highest BCUT2D eigenvalue weighted by Crippen LogP contribution is 2.37. The second-order valence-electron chi connectivity index (χ2n) is 7.90. The first kappa shape index (κ1) is 27.4. The summed E-state index contributed by atoms with van der Waals surface area (Å²) in [6.45, 7) is 4.44. The number of hydrogen-bond donors (Lipinski definition) is 2. The number of carbonyl (C=O) groups excluding carboxylic acids is 4. The Hall–Kier alpha value is -2.84. The van der Waals surface area contributed by atoms with E-state index in [-0.39, 0.29) is 34.6 Å². The van der Waals surface area contributed by atoms with E-state index >= 15 is 0 Å². The molecule has 34 heavy (non-hydrogen) atoms. The van der Waals surface area contributed by atoms with Crippen LogP contribution < -0.4 is 11.1 Å². The second-order valence-corrected chi connectivity index (χ2v) is 9.94. The minimum absolute atomic E-state index is 0. The van der Waals surface area contributed by atoms with E-state index < -0.39 is 47.4 Å². The number of ether oxygens (including phenoxy) is 2. The number of nitrogens with zero attached hydrogens (tertiary/aromatic N) is 3. The Balaban J connectivity index is 0.00000408. The lowest BCUT2D eigenvalue weighted by Gasteiger charge is -2.48. The summed E-state index contributed by atoms with van der Waals surface area (Å²) in [4.78, 5) is 59.7. The van der Waals surface area contributed by atoms with E-state index in [2.05, 4.69) is 15.5 Å². The molecule has 2 atom stereocenters. The molecule has 2 aliphatic rings. The first-order chi connectivity index (χ1) is 15.5. The Labute approximate surface area is 209 Å². The molecule has 2 aliphatic heterocycles. The number of halogens is 1. The van der Waals surface area contributed by atoms with Crippen LogP contribution in [0.1, 0.15) is 26.5 Å². The van der Waals surface area contributed by atoms with Crippen molar-refractivity contribution in [1.82, 2.24) is 15.2 Å². The van der Waals surface area contributed by atoms with E-state index in [1.54, 1.807) is 32.2 Å². The molecule has 0 bridgehead atoms. The van der Waals surface area contributed by atoms with Crippen molar-refractivity contribution in [1.29, 1.82) is 0 Å². The number of nitrogens with two attached hydrogens (primary N) is 1. The molecule has 3 N–H and O–H groups in total. The van der Waals surface area contributed by atoms with Gasteiger partial charge in [0.1, 0.15) is 29.9 Å². The molecule has 0 aliphatic carbocycles. The van der Waals surface area contributed by atoms with Crippen LogP contribution in [0.5, 0.6) is 0 Å². The van der Waals surface area contributed by atoms with Gasteiger partial charge in [-0.3, -0.25) is 19.3 Å². The third kappa shape index (κ3) is 5.80. The number of oxime groups is 1. The van der Waals surface area contributed by atoms with Gasteiger partial charge in [-0.25, -0.2) is 9.78 Å². The van der Waals surface area contributed by atoms with Crippen molar-refractivity contribution in [3.63, 3.8) is 0 Å². The van der Waals surface area contributed by atoms with Crippen LogP contribution in [0.4, 0.5) is 5.13 Å². The van der Waals surface area contributed by atoms with Crippen LogP contribution in [-0.2, 0) is 33.5 Å². The van der Waals surface area contributed by atoms with Gasteiger partial charge in [-0.1, -0.05) is 5.16 Å². The molecule has 186 valence electrons. The van der Waals surface area contributed by atoms with Crippen LogP contribution in [0.3, 0.4) is 0 Å². The number of amides is 2. The topological polar surface area (TPSA) is 163 Å². The molecule has 3 heterocycles. The van der Waals surface area contributed by atoms with Crippen LogP contribution in [0.2, 0.25) is 0 Å². The number of fused-ring (bicyclic) bond motifs is 1. The van der Waals surface area contributed by atoms with Crippen LogP contribution >= 0.6 is 35.5 Å². The van der Waals surface area contributed by atoms with Gasteiger partial charge < -0.3 is 25.4 Å². The molecule has 1 fully saturated rings. The molecule has 15 heteroatoms. The summed E-state index contributed by atoms with van der Waals surface area (Å²) >= 11 is 2.49. The maximum absolute atomic E-state index is 12.7. The molecule has 1 aromatic rings. The summed E-state index contributed by atoms with van der Waals surface area (Å²) in [7, 11) is 1.28. The molecule has 0 spiro atoms. The lowest BCUT2D eigenvalue weighted by atomic mass is 9.98. The third-order valence-electron chi connectivity index (χ3n) is 4.50. The average molecular weight is 534 g/mol. The SMILES string of the molecule is CON=C(C(=O)NC1C(=O)N2C(C(=O)OCOC(=O)C(C)(C)C)=CCS[C@@H]12)c1csc(N)n1.Cl. The van der Waals surface area contributed by atoms with Gasteiger partial charge in [0.15, 0.2) is 10.8 Å². The fourth-order valence-corrected chi connectivity index (χ4v) is 4.60. The van der Waals surface area contributed by atoms with Crippen molar-refractivity contribution in [3.05, 3.63) is 22.8 Å². The summed E-state index contributed by atoms with van der Waals surface area (Å²) in [5.41, 5.74) is 4.98. The van der Waals surface area contributed by atoms with Crippen molar-refractivity contribution in [3.8, 4) is 0 Å². The van der Waals surface area contributed by atoms with Gasteiger partial charge in [-0.05, 0) is 26.8 Å². The Morgan fingerprint density at radius 1 is 1.32 bits per heavy atom. The van der Waals surface area contributed by atoms with Crippen molar-refractivity contribution < 1.29 is 33.5 Å². The Kier molecular flexibility index (Phi) is 8.91. The number of β-lactam (4-membered cyclic amide) rings is 1. The van der Waals surface area contributed by atoms with Crippen LogP contribution in [0, 0.1) is 5.41 Å². The van der Waals surface area contributed by atoms with E-state index in [4.69, 9.17) is 20.0 Å². The highest BCUT2D eigenvalue weighted by atomic mass is 35.5. The van der Waals surface area contributed by atoms with Gasteiger partial charge >= 0.3 is 11.9 Å². The van der Waals surface area contributed by atoms with Gasteiger partial charge in [0.05, 0.1) is 5.41 Å². The maximum atomic E-state index is 12.7. The van der Waals surface area contributed by atoms with Gasteiger partial charge in [-0.2, -0.15) is 0 Å². The minimum Gasteiger partial charge on any atom is -0.427 e. The van der Waals surface area contributed by atoms with Gasteiger partial charge in [0, 0.05) is 11.1 Å². The predicted octanol–water partition coefficient (Wildman–Crippen LogP) is 0.871. The predicted molar refractivity (Wildman–Crippen MR) is 127 cm³/mol. The van der Waals surface area contributed by atoms with Crippen molar-refractivity contribution in [2.24, 2.45) is 10.6 Å². The van der Waals surface area contributed by atoms with Crippen molar-refractivity contribution in [2.45, 2.75) is 32.2 Å². The van der Waals surface area contributed by atoms with Crippen LogP contribution in [0.25, 0.3) is 0 Å². The lowest BCUT2D eigenvalue weighted by Crippen LogP contribution is -2.70. The number of esters is 2. The smallest absolute Gasteiger partial charge is 0.357 e. The molecule has 0 aromatic carbocycles. The molecule has 1 unspecified atom stereocenters. The molecule has 0 saturated carbocycles. The monoisotopic (exact) mass is 533 g/mol. The Morgan fingerprint density at radius 3 is 2.62 bits per heavy atom. The molecule has 1 saturated heterocycles. The van der Waals surface area contributed by atoms with E-state index in [1.165, 1.54) is 23.8 Å². The number of carbonyl (C=O) groups is 4. The zero-order valence-electron chi connectivity index (χ0n) is 18.7. The summed E-state index contributed by atoms with van der Waals surface area (Å²) < 4.78 is 9.93. The fraction of sp³-hybridized carbons (Fsp3) is 0.474. The Bertz CT molecular complexity index is 1040. The molecular formula is C19H24ClN5O7S2. The number of nitrogen functional groups attached to an aromatic ring is 1. The molecular weight excluding hydrogens is 510 g/mol. The summed E-state index contributed by atoms with van der Waals surface area (Å²) in [6.07, 6.45) is 1.54.